The first-order valence-electron chi connectivity index (χ1n) is 16.1. The highest BCUT2D eigenvalue weighted by molar-refractivity contribution is 6.23. The minimum Gasteiger partial charge on any atom is -0.507 e. The van der Waals surface area contributed by atoms with Crippen molar-refractivity contribution >= 4 is 38.7 Å². The van der Waals surface area contributed by atoms with Gasteiger partial charge in [0.25, 0.3) is 0 Å². The van der Waals surface area contributed by atoms with Gasteiger partial charge >= 0.3 is 0 Å². The zero-order valence-corrected chi connectivity index (χ0v) is 25.7. The molecule has 0 unspecified atom stereocenters. The SMILES string of the molecule is Oc1ccc2c(c1-c1cccc(-c3ccc(-c4cccc(-c5cnc6c7ccccc7c7ccccc7c6n5)c4)cc3)c1)C=CCC2. The summed E-state index contributed by atoms with van der Waals surface area (Å²) in [5.41, 5.74) is 12.6. The molecule has 0 saturated carbocycles. The fraction of sp³-hybridized carbons (Fsp3) is 0.0455. The van der Waals surface area contributed by atoms with Crippen LogP contribution in [0.1, 0.15) is 17.5 Å². The molecule has 0 aliphatic heterocycles. The van der Waals surface area contributed by atoms with Gasteiger partial charge in [0, 0.05) is 21.9 Å². The van der Waals surface area contributed by atoms with Gasteiger partial charge in [-0.1, -0.05) is 127 Å². The van der Waals surface area contributed by atoms with Crippen molar-refractivity contribution in [3.63, 3.8) is 0 Å². The van der Waals surface area contributed by atoms with Crippen LogP contribution in [-0.2, 0) is 6.42 Å². The van der Waals surface area contributed by atoms with Crippen LogP contribution in [0, 0.1) is 0 Å². The fourth-order valence-electron chi connectivity index (χ4n) is 7.13. The maximum atomic E-state index is 10.8. The topological polar surface area (TPSA) is 46.0 Å². The van der Waals surface area contributed by atoms with Gasteiger partial charge in [0.1, 0.15) is 5.75 Å². The lowest BCUT2D eigenvalue weighted by molar-refractivity contribution is 0.477. The normalized spacial score (nSPS) is 12.5. The van der Waals surface area contributed by atoms with Gasteiger partial charge in [0.15, 0.2) is 0 Å². The molecule has 1 heterocycles. The second kappa shape index (κ2) is 11.1. The minimum atomic E-state index is 0.320. The van der Waals surface area contributed by atoms with E-state index in [1.807, 2.05) is 18.3 Å². The zero-order chi connectivity index (χ0) is 31.3. The van der Waals surface area contributed by atoms with Gasteiger partial charge in [-0.15, -0.1) is 0 Å². The average molecular weight is 603 g/mol. The zero-order valence-electron chi connectivity index (χ0n) is 25.7. The van der Waals surface area contributed by atoms with Gasteiger partial charge in [-0.25, -0.2) is 4.98 Å². The molecule has 0 spiro atoms. The molecule has 0 saturated heterocycles. The molecule has 0 fully saturated rings. The molecule has 1 aliphatic rings. The van der Waals surface area contributed by atoms with Crippen LogP contribution in [-0.4, -0.2) is 15.1 Å². The maximum absolute atomic E-state index is 10.8. The van der Waals surface area contributed by atoms with Gasteiger partial charge in [-0.05, 0) is 80.8 Å². The maximum Gasteiger partial charge on any atom is 0.124 e. The number of fused-ring (bicyclic) bond motifs is 7. The Morgan fingerprint density at radius 2 is 1.11 bits per heavy atom. The Labute approximate surface area is 273 Å². The molecule has 9 rings (SSSR count). The smallest absolute Gasteiger partial charge is 0.124 e. The molecule has 3 nitrogen and oxygen atoms in total. The standard InChI is InChI=1S/C44H30N2O/c47-41-24-23-30-9-1-2-14-35(30)42(41)34-13-8-11-32(26-34)29-21-19-28(20-22-29)31-10-7-12-33(25-31)40-27-45-43-38-17-5-3-15-36(38)37-16-4-6-18-39(37)44(43)46-40/h2-8,10-27,47H,1,9H2. The van der Waals surface area contributed by atoms with E-state index in [1.54, 1.807) is 0 Å². The largest absolute Gasteiger partial charge is 0.507 e. The van der Waals surface area contributed by atoms with Crippen LogP contribution in [0.25, 0.3) is 83.3 Å². The number of aryl methyl sites for hydroxylation is 1. The lowest BCUT2D eigenvalue weighted by Gasteiger charge is -2.17. The molecule has 47 heavy (non-hydrogen) atoms. The molecule has 3 heteroatoms. The van der Waals surface area contributed by atoms with Crippen LogP contribution in [0.4, 0.5) is 0 Å². The highest BCUT2D eigenvalue weighted by atomic mass is 16.3. The van der Waals surface area contributed by atoms with Crippen LogP contribution < -0.4 is 0 Å². The van der Waals surface area contributed by atoms with E-state index in [4.69, 9.17) is 9.97 Å². The van der Waals surface area contributed by atoms with Crippen LogP contribution in [0.3, 0.4) is 0 Å². The first kappa shape index (κ1) is 27.3. The van der Waals surface area contributed by atoms with E-state index in [-0.39, 0.29) is 0 Å². The van der Waals surface area contributed by atoms with E-state index in [0.717, 1.165) is 84.8 Å². The summed E-state index contributed by atoms with van der Waals surface area (Å²) in [6.45, 7) is 0. The summed E-state index contributed by atoms with van der Waals surface area (Å²) < 4.78 is 0. The predicted octanol–water partition coefficient (Wildman–Crippen LogP) is 11.3. The number of allylic oxidation sites excluding steroid dienone is 1. The van der Waals surface area contributed by atoms with Crippen molar-refractivity contribution in [3.8, 4) is 50.4 Å². The van der Waals surface area contributed by atoms with Crippen LogP contribution >= 0.6 is 0 Å². The fourth-order valence-corrected chi connectivity index (χ4v) is 7.13. The van der Waals surface area contributed by atoms with Gasteiger partial charge in [0.05, 0.1) is 22.9 Å². The Kier molecular flexibility index (Phi) is 6.43. The number of phenolic OH excluding ortho intramolecular Hbond substituents is 1. The van der Waals surface area contributed by atoms with Crippen molar-refractivity contribution in [3.05, 3.63) is 157 Å². The van der Waals surface area contributed by atoms with Gasteiger partial charge < -0.3 is 5.11 Å². The molecular formula is C44H30N2O. The second-order valence-corrected chi connectivity index (χ2v) is 12.3. The predicted molar refractivity (Wildman–Crippen MR) is 195 cm³/mol. The Balaban J connectivity index is 1.06. The van der Waals surface area contributed by atoms with E-state index in [9.17, 15) is 5.11 Å². The van der Waals surface area contributed by atoms with Gasteiger partial charge in [-0.2, -0.15) is 0 Å². The number of aromatic nitrogens is 2. The van der Waals surface area contributed by atoms with Crippen molar-refractivity contribution in [2.45, 2.75) is 12.8 Å². The quantitative estimate of drug-likeness (QED) is 0.204. The molecule has 0 bridgehead atoms. The summed E-state index contributed by atoms with van der Waals surface area (Å²) in [5, 5.41) is 15.5. The third-order valence-corrected chi connectivity index (χ3v) is 9.47. The van der Waals surface area contributed by atoms with Crippen LogP contribution in [0.2, 0.25) is 0 Å². The third-order valence-electron chi connectivity index (χ3n) is 9.47. The lowest BCUT2D eigenvalue weighted by atomic mass is 9.88. The van der Waals surface area contributed by atoms with E-state index in [0.29, 0.717) is 5.75 Å². The van der Waals surface area contributed by atoms with Crippen molar-refractivity contribution in [2.75, 3.05) is 0 Å². The third kappa shape index (κ3) is 4.67. The van der Waals surface area contributed by atoms with E-state index < -0.39 is 0 Å². The minimum absolute atomic E-state index is 0.320. The Morgan fingerprint density at radius 3 is 1.81 bits per heavy atom. The van der Waals surface area contributed by atoms with E-state index in [2.05, 4.69) is 133 Å². The highest BCUT2D eigenvalue weighted by Gasteiger charge is 2.16. The molecule has 7 aromatic carbocycles. The second-order valence-electron chi connectivity index (χ2n) is 12.3. The monoisotopic (exact) mass is 602 g/mol. The van der Waals surface area contributed by atoms with Crippen molar-refractivity contribution in [1.82, 2.24) is 9.97 Å². The molecule has 0 amide bonds. The molecule has 8 aromatic rings. The summed E-state index contributed by atoms with van der Waals surface area (Å²) in [7, 11) is 0. The molecule has 222 valence electrons. The summed E-state index contributed by atoms with van der Waals surface area (Å²) in [5.74, 6) is 0.320. The first-order valence-corrected chi connectivity index (χ1v) is 16.1. The lowest BCUT2D eigenvalue weighted by Crippen LogP contribution is -1.97. The van der Waals surface area contributed by atoms with Gasteiger partial charge in [-0.3, -0.25) is 4.98 Å². The Morgan fingerprint density at radius 1 is 0.511 bits per heavy atom. The summed E-state index contributed by atoms with van der Waals surface area (Å²) in [6.07, 6.45) is 8.28. The molecule has 0 atom stereocenters. The molecule has 1 N–H and O–H groups in total. The number of hydrogen-bond donors (Lipinski definition) is 1. The Hall–Kier alpha value is -6.06. The average Bonchev–Trinajstić information content (AvgIpc) is 3.15. The first-order chi connectivity index (χ1) is 23.2. The van der Waals surface area contributed by atoms with Crippen molar-refractivity contribution in [2.24, 2.45) is 0 Å². The van der Waals surface area contributed by atoms with Crippen molar-refractivity contribution in [1.29, 1.82) is 0 Å². The summed E-state index contributed by atoms with van der Waals surface area (Å²) >= 11 is 0. The summed E-state index contributed by atoms with van der Waals surface area (Å²) in [4.78, 5) is 10.2. The number of hydrogen-bond acceptors (Lipinski definition) is 3. The molecule has 1 aliphatic carbocycles. The van der Waals surface area contributed by atoms with Gasteiger partial charge in [0.2, 0.25) is 0 Å². The van der Waals surface area contributed by atoms with E-state index in [1.165, 1.54) is 16.3 Å². The van der Waals surface area contributed by atoms with E-state index >= 15 is 0 Å². The molecule has 0 radical (unpaired) electrons. The molecule has 1 aromatic heterocycles. The number of aromatic hydroxyl groups is 1. The number of nitrogens with zero attached hydrogens (tertiary/aromatic N) is 2. The molecular weight excluding hydrogens is 572 g/mol. The van der Waals surface area contributed by atoms with Crippen LogP contribution in [0.5, 0.6) is 5.75 Å². The number of phenols is 1. The highest BCUT2D eigenvalue weighted by Crippen LogP contribution is 2.40. The van der Waals surface area contributed by atoms with Crippen LogP contribution in [0.15, 0.2) is 146 Å². The Bertz CT molecular complexity index is 2490. The summed E-state index contributed by atoms with van der Waals surface area (Å²) in [6, 6.07) is 46.5. The number of benzene rings is 7. The number of rotatable bonds is 4. The van der Waals surface area contributed by atoms with Crippen molar-refractivity contribution < 1.29 is 5.11 Å².